The van der Waals surface area contributed by atoms with E-state index in [-0.39, 0.29) is 11.9 Å². The number of ether oxygens (including phenoxy) is 2. The summed E-state index contributed by atoms with van der Waals surface area (Å²) < 4.78 is 23.1. The monoisotopic (exact) mass is 361 g/mol. The van der Waals surface area contributed by atoms with Crippen LogP contribution in [-0.2, 0) is 14.0 Å². The van der Waals surface area contributed by atoms with Crippen molar-refractivity contribution < 1.29 is 23.6 Å². The number of amides is 1. The van der Waals surface area contributed by atoms with Crippen LogP contribution in [0.4, 0.5) is 0 Å². The molecule has 2 aliphatic rings. The summed E-state index contributed by atoms with van der Waals surface area (Å²) in [6, 6.07) is 5.51. The molecule has 142 valence electrons. The highest BCUT2D eigenvalue weighted by Crippen LogP contribution is 2.37. The minimum absolute atomic E-state index is 0.0997. The van der Waals surface area contributed by atoms with Crippen molar-refractivity contribution in [2.24, 2.45) is 0 Å². The zero-order valence-corrected chi connectivity index (χ0v) is 16.3. The molecule has 26 heavy (non-hydrogen) atoms. The van der Waals surface area contributed by atoms with Crippen LogP contribution in [0.3, 0.4) is 0 Å². The maximum absolute atomic E-state index is 12.7. The maximum Gasteiger partial charge on any atom is 0.498 e. The Hall–Kier alpha value is -1.57. The third-order valence-corrected chi connectivity index (χ3v) is 5.56. The Kier molecular flexibility index (Phi) is 5.33. The van der Waals surface area contributed by atoms with E-state index < -0.39 is 18.3 Å². The van der Waals surface area contributed by atoms with Gasteiger partial charge in [0.05, 0.1) is 18.3 Å². The quantitative estimate of drug-likeness (QED) is 0.830. The van der Waals surface area contributed by atoms with Crippen molar-refractivity contribution in [1.82, 2.24) is 5.32 Å². The molecule has 0 radical (unpaired) electrons. The van der Waals surface area contributed by atoms with Gasteiger partial charge in [-0.25, -0.2) is 0 Å². The van der Waals surface area contributed by atoms with Crippen molar-refractivity contribution in [3.05, 3.63) is 23.8 Å². The number of rotatable bonds is 4. The molecule has 7 heteroatoms. The predicted octanol–water partition coefficient (Wildman–Crippen LogP) is 1.90. The molecular formula is C19H28BNO5. The number of carbonyl (C=O) groups excluding carboxylic acids is 1. The van der Waals surface area contributed by atoms with Crippen LogP contribution >= 0.6 is 0 Å². The molecule has 0 aliphatic carbocycles. The van der Waals surface area contributed by atoms with Gasteiger partial charge in [0.25, 0.3) is 5.91 Å². The zero-order chi connectivity index (χ0) is 18.9. The molecule has 1 aromatic carbocycles. The van der Waals surface area contributed by atoms with E-state index in [0.717, 1.165) is 18.3 Å². The normalized spacial score (nSPS) is 22.3. The molecule has 0 saturated carbocycles. The molecule has 0 aromatic heterocycles. The molecule has 3 rings (SSSR count). The molecule has 6 nitrogen and oxygen atoms in total. The van der Waals surface area contributed by atoms with Gasteiger partial charge < -0.3 is 24.1 Å². The Balaban J connectivity index is 1.82. The molecule has 2 aliphatic heterocycles. The summed E-state index contributed by atoms with van der Waals surface area (Å²) in [6.07, 6.45) is 1.68. The van der Waals surface area contributed by atoms with Crippen molar-refractivity contribution in [1.29, 1.82) is 0 Å². The van der Waals surface area contributed by atoms with Gasteiger partial charge in [0.2, 0.25) is 0 Å². The molecule has 1 aromatic rings. The zero-order valence-electron chi connectivity index (χ0n) is 16.3. The Morgan fingerprint density at radius 1 is 1.15 bits per heavy atom. The second-order valence-electron chi connectivity index (χ2n) is 7.91. The topological polar surface area (TPSA) is 66.0 Å². The Morgan fingerprint density at radius 2 is 1.77 bits per heavy atom. The van der Waals surface area contributed by atoms with Gasteiger partial charge in [-0.2, -0.15) is 0 Å². The van der Waals surface area contributed by atoms with Gasteiger partial charge in [-0.1, -0.05) is 0 Å². The predicted molar refractivity (Wildman–Crippen MR) is 100 cm³/mol. The van der Waals surface area contributed by atoms with Crippen LogP contribution in [-0.4, -0.2) is 50.6 Å². The summed E-state index contributed by atoms with van der Waals surface area (Å²) in [5, 5.41) is 3.08. The smallest absolute Gasteiger partial charge is 0.497 e. The second kappa shape index (κ2) is 7.21. The maximum atomic E-state index is 12.7. The van der Waals surface area contributed by atoms with E-state index in [1.165, 1.54) is 0 Å². The Bertz CT molecular complexity index is 654. The lowest BCUT2D eigenvalue weighted by molar-refractivity contribution is 0.00578. The van der Waals surface area contributed by atoms with Gasteiger partial charge >= 0.3 is 7.12 Å². The molecule has 2 fully saturated rings. The summed E-state index contributed by atoms with van der Waals surface area (Å²) in [7, 11) is 1.03. The van der Waals surface area contributed by atoms with Crippen LogP contribution in [0, 0.1) is 0 Å². The van der Waals surface area contributed by atoms with Gasteiger partial charge in [-0.15, -0.1) is 0 Å². The van der Waals surface area contributed by atoms with Crippen LogP contribution in [0.2, 0.25) is 0 Å². The lowest BCUT2D eigenvalue weighted by Crippen LogP contribution is -2.41. The fourth-order valence-corrected chi connectivity index (χ4v) is 3.14. The number of hydrogen-bond donors (Lipinski definition) is 1. The Morgan fingerprint density at radius 3 is 2.35 bits per heavy atom. The highest BCUT2D eigenvalue weighted by atomic mass is 16.7. The number of hydrogen-bond acceptors (Lipinski definition) is 5. The summed E-state index contributed by atoms with van der Waals surface area (Å²) in [6.45, 7) is 9.38. The largest absolute Gasteiger partial charge is 0.498 e. The van der Waals surface area contributed by atoms with Crippen LogP contribution in [0.15, 0.2) is 18.2 Å². The molecule has 2 heterocycles. The summed E-state index contributed by atoms with van der Waals surface area (Å²) >= 11 is 0. The highest BCUT2D eigenvalue weighted by Gasteiger charge is 2.52. The van der Waals surface area contributed by atoms with Crippen molar-refractivity contribution in [2.45, 2.75) is 57.8 Å². The molecular weight excluding hydrogens is 333 g/mol. The molecule has 1 N–H and O–H groups in total. The summed E-state index contributed by atoms with van der Waals surface area (Å²) in [4.78, 5) is 12.7. The number of methoxy groups -OCH3 is 1. The molecule has 1 amide bonds. The van der Waals surface area contributed by atoms with E-state index in [1.807, 2.05) is 27.7 Å². The number of carbonyl (C=O) groups is 1. The van der Waals surface area contributed by atoms with Crippen molar-refractivity contribution in [3.63, 3.8) is 0 Å². The van der Waals surface area contributed by atoms with Gasteiger partial charge in [-0.3, -0.25) is 4.79 Å². The first kappa shape index (κ1) is 19.2. The third-order valence-electron chi connectivity index (χ3n) is 5.56. The minimum Gasteiger partial charge on any atom is -0.497 e. The summed E-state index contributed by atoms with van der Waals surface area (Å²) in [5.74, 6) is 0.545. The van der Waals surface area contributed by atoms with Gasteiger partial charge in [0, 0.05) is 30.3 Å². The molecule has 0 spiro atoms. The van der Waals surface area contributed by atoms with Crippen LogP contribution < -0.4 is 15.5 Å². The van der Waals surface area contributed by atoms with Gasteiger partial charge in [0.15, 0.2) is 0 Å². The lowest BCUT2D eigenvalue weighted by atomic mass is 9.77. The SMILES string of the molecule is COc1ccc(C(=O)NC2CCOCC2)cc1B1OC(C)(C)C(C)(C)O1. The first-order chi connectivity index (χ1) is 12.2. The lowest BCUT2D eigenvalue weighted by Gasteiger charge is -2.32. The highest BCUT2D eigenvalue weighted by molar-refractivity contribution is 6.63. The molecule has 0 atom stereocenters. The number of benzene rings is 1. The second-order valence-corrected chi connectivity index (χ2v) is 7.91. The van der Waals surface area contributed by atoms with Crippen molar-refractivity contribution >= 4 is 18.5 Å². The van der Waals surface area contributed by atoms with E-state index in [9.17, 15) is 4.79 Å². The molecule has 2 saturated heterocycles. The van der Waals surface area contributed by atoms with E-state index in [4.69, 9.17) is 18.8 Å². The average molecular weight is 361 g/mol. The van der Waals surface area contributed by atoms with Crippen molar-refractivity contribution in [3.8, 4) is 5.75 Å². The van der Waals surface area contributed by atoms with Gasteiger partial charge in [-0.05, 0) is 58.7 Å². The fraction of sp³-hybridized carbons (Fsp3) is 0.632. The van der Waals surface area contributed by atoms with Crippen LogP contribution in [0.1, 0.15) is 50.9 Å². The molecule has 0 bridgehead atoms. The van der Waals surface area contributed by atoms with Gasteiger partial charge in [0.1, 0.15) is 5.75 Å². The third kappa shape index (κ3) is 3.75. The van der Waals surface area contributed by atoms with E-state index in [0.29, 0.717) is 24.5 Å². The average Bonchev–Trinajstić information content (AvgIpc) is 2.82. The fourth-order valence-electron chi connectivity index (χ4n) is 3.14. The van der Waals surface area contributed by atoms with Crippen LogP contribution in [0.25, 0.3) is 0 Å². The molecule has 0 unspecified atom stereocenters. The van der Waals surface area contributed by atoms with E-state index in [1.54, 1.807) is 25.3 Å². The summed E-state index contributed by atoms with van der Waals surface area (Å²) in [5.41, 5.74) is 0.388. The van der Waals surface area contributed by atoms with Crippen LogP contribution in [0.5, 0.6) is 5.75 Å². The standard InChI is InChI=1S/C19H28BNO5/c1-18(2)19(3,4)26-20(25-18)15-12-13(6-7-16(15)23-5)17(22)21-14-8-10-24-11-9-14/h6-7,12,14H,8-11H2,1-5H3,(H,21,22). The number of nitrogens with one attached hydrogen (secondary N) is 1. The minimum atomic E-state index is -0.578. The first-order valence-electron chi connectivity index (χ1n) is 9.16. The Labute approximate surface area is 155 Å². The van der Waals surface area contributed by atoms with E-state index >= 15 is 0 Å². The van der Waals surface area contributed by atoms with Crippen molar-refractivity contribution in [2.75, 3.05) is 20.3 Å². The van der Waals surface area contributed by atoms with E-state index in [2.05, 4.69) is 5.32 Å². The first-order valence-corrected chi connectivity index (χ1v) is 9.16.